The summed E-state index contributed by atoms with van der Waals surface area (Å²) in [5, 5.41) is 11.1. The van der Waals surface area contributed by atoms with Crippen LogP contribution in [0.4, 0.5) is 0 Å². The molecule has 14 heavy (non-hydrogen) atoms. The third kappa shape index (κ3) is 2.83. The van der Waals surface area contributed by atoms with Crippen molar-refractivity contribution in [2.24, 2.45) is 0 Å². The summed E-state index contributed by atoms with van der Waals surface area (Å²) in [6, 6.07) is 8.81. The monoisotopic (exact) mass is 194 g/mol. The predicted octanol–water partition coefficient (Wildman–Crippen LogP) is 0.313. The van der Waals surface area contributed by atoms with E-state index in [-0.39, 0.29) is 0 Å². The van der Waals surface area contributed by atoms with Gasteiger partial charge in [-0.15, -0.1) is 0 Å². The summed E-state index contributed by atoms with van der Waals surface area (Å²) in [5.41, 5.74) is 3.08. The maximum atomic E-state index is 11.4. The maximum absolute atomic E-state index is 11.4. The number of carbonyl (C=O) groups is 1. The van der Waals surface area contributed by atoms with Crippen LogP contribution in [0.25, 0.3) is 0 Å². The quantitative estimate of drug-likeness (QED) is 0.681. The number of aliphatic hydroxyl groups is 1. The molecule has 76 valence electrons. The lowest BCUT2D eigenvalue weighted by atomic mass is 10.1. The molecule has 1 unspecified atom stereocenters. The summed E-state index contributed by atoms with van der Waals surface area (Å²) >= 11 is 0. The van der Waals surface area contributed by atoms with E-state index in [9.17, 15) is 9.90 Å². The molecule has 0 aliphatic rings. The van der Waals surface area contributed by atoms with Crippen LogP contribution in [-0.4, -0.2) is 30.1 Å². The van der Waals surface area contributed by atoms with Gasteiger partial charge in [-0.2, -0.15) is 0 Å². The highest BCUT2D eigenvalue weighted by atomic mass is 16.3. The Hall–Kier alpha value is -1.39. The second-order valence-corrected chi connectivity index (χ2v) is 3.18. The molecule has 4 nitrogen and oxygen atoms in total. The normalized spacial score (nSPS) is 12.6. The van der Waals surface area contributed by atoms with Crippen molar-refractivity contribution in [3.05, 3.63) is 35.9 Å². The van der Waals surface area contributed by atoms with Gasteiger partial charge in [-0.3, -0.25) is 10.2 Å². The minimum atomic E-state index is -1.11. The molecule has 2 N–H and O–H groups in total. The van der Waals surface area contributed by atoms with Gasteiger partial charge in [0.15, 0.2) is 6.10 Å². The van der Waals surface area contributed by atoms with Crippen LogP contribution >= 0.6 is 0 Å². The Labute approximate surface area is 83.1 Å². The Morgan fingerprint density at radius 3 is 2.43 bits per heavy atom. The number of hydrazine groups is 1. The van der Waals surface area contributed by atoms with Gasteiger partial charge in [0.25, 0.3) is 5.91 Å². The van der Waals surface area contributed by atoms with Crippen LogP contribution in [0.3, 0.4) is 0 Å². The minimum absolute atomic E-state index is 0.429. The molecule has 0 saturated heterocycles. The molecule has 1 aromatic carbocycles. The lowest BCUT2D eigenvalue weighted by molar-refractivity contribution is -0.133. The Kier molecular flexibility index (Phi) is 3.62. The second-order valence-electron chi connectivity index (χ2n) is 3.18. The molecular weight excluding hydrogens is 180 g/mol. The van der Waals surface area contributed by atoms with Crippen LogP contribution < -0.4 is 5.43 Å². The zero-order chi connectivity index (χ0) is 10.6. The number of amides is 1. The molecule has 0 fully saturated rings. The molecule has 0 bridgehead atoms. The molecule has 1 amide bonds. The van der Waals surface area contributed by atoms with Crippen molar-refractivity contribution in [1.29, 1.82) is 0 Å². The van der Waals surface area contributed by atoms with Crippen molar-refractivity contribution in [3.63, 3.8) is 0 Å². The third-order valence-electron chi connectivity index (χ3n) is 1.70. The van der Waals surface area contributed by atoms with Gasteiger partial charge in [0.2, 0.25) is 0 Å². The number of benzene rings is 1. The zero-order valence-corrected chi connectivity index (χ0v) is 8.27. The predicted molar refractivity (Wildman–Crippen MR) is 53.2 cm³/mol. The summed E-state index contributed by atoms with van der Waals surface area (Å²) in [4.78, 5) is 11.4. The summed E-state index contributed by atoms with van der Waals surface area (Å²) < 4.78 is 0. The summed E-state index contributed by atoms with van der Waals surface area (Å²) in [7, 11) is 3.38. The molecule has 0 aliphatic heterocycles. The van der Waals surface area contributed by atoms with Crippen molar-refractivity contribution >= 4 is 5.91 Å². The van der Waals surface area contributed by atoms with Crippen LogP contribution in [0.15, 0.2) is 30.3 Å². The standard InChI is InChI=1S/C10H14N2O2/c1-12(2)11-10(14)9(13)8-6-4-3-5-7-8/h3-7,9,13H,1-2H3,(H,11,14). The molecule has 1 aromatic rings. The molecule has 1 rings (SSSR count). The third-order valence-corrected chi connectivity index (χ3v) is 1.70. The molecule has 0 spiro atoms. The molecule has 0 aromatic heterocycles. The largest absolute Gasteiger partial charge is 0.378 e. The lowest BCUT2D eigenvalue weighted by Gasteiger charge is -2.15. The summed E-state index contributed by atoms with van der Waals surface area (Å²) in [6.07, 6.45) is -1.11. The summed E-state index contributed by atoms with van der Waals surface area (Å²) in [6.45, 7) is 0. The molecule has 0 saturated carbocycles. The maximum Gasteiger partial charge on any atom is 0.267 e. The van der Waals surface area contributed by atoms with E-state index < -0.39 is 12.0 Å². The van der Waals surface area contributed by atoms with E-state index in [1.54, 1.807) is 38.4 Å². The average molecular weight is 194 g/mol. The first kappa shape index (κ1) is 10.7. The smallest absolute Gasteiger partial charge is 0.267 e. The highest BCUT2D eigenvalue weighted by Gasteiger charge is 2.16. The van der Waals surface area contributed by atoms with Crippen molar-refractivity contribution in [1.82, 2.24) is 10.4 Å². The van der Waals surface area contributed by atoms with Gasteiger partial charge in [0.05, 0.1) is 0 Å². The highest BCUT2D eigenvalue weighted by molar-refractivity contribution is 5.81. The Morgan fingerprint density at radius 2 is 1.93 bits per heavy atom. The first-order valence-corrected chi connectivity index (χ1v) is 4.32. The van der Waals surface area contributed by atoms with Crippen molar-refractivity contribution in [2.75, 3.05) is 14.1 Å². The van der Waals surface area contributed by atoms with Crippen molar-refractivity contribution in [2.45, 2.75) is 6.10 Å². The fourth-order valence-electron chi connectivity index (χ4n) is 1.07. The molecule has 0 aliphatic carbocycles. The number of carbonyl (C=O) groups excluding carboxylic acids is 1. The number of hydrogen-bond acceptors (Lipinski definition) is 3. The van der Waals surface area contributed by atoms with Crippen molar-refractivity contribution in [3.8, 4) is 0 Å². The van der Waals surface area contributed by atoms with Crippen LogP contribution in [0.2, 0.25) is 0 Å². The number of hydrogen-bond donors (Lipinski definition) is 2. The first-order valence-electron chi connectivity index (χ1n) is 4.32. The first-order chi connectivity index (χ1) is 6.61. The van der Waals surface area contributed by atoms with Gasteiger partial charge < -0.3 is 5.11 Å². The topological polar surface area (TPSA) is 52.6 Å². The Balaban J connectivity index is 2.66. The van der Waals surface area contributed by atoms with Gasteiger partial charge in [-0.1, -0.05) is 30.3 Å². The van der Waals surface area contributed by atoms with E-state index in [2.05, 4.69) is 5.43 Å². The van der Waals surface area contributed by atoms with Gasteiger partial charge in [0.1, 0.15) is 0 Å². The average Bonchev–Trinajstić information content (AvgIpc) is 2.17. The fraction of sp³-hybridized carbons (Fsp3) is 0.300. The zero-order valence-electron chi connectivity index (χ0n) is 8.27. The SMILES string of the molecule is CN(C)NC(=O)C(O)c1ccccc1. The van der Waals surface area contributed by atoms with E-state index in [0.717, 1.165) is 0 Å². The molecular formula is C10H14N2O2. The van der Waals surface area contributed by atoms with Crippen LogP contribution in [0.1, 0.15) is 11.7 Å². The van der Waals surface area contributed by atoms with E-state index in [1.807, 2.05) is 6.07 Å². The van der Waals surface area contributed by atoms with E-state index >= 15 is 0 Å². The van der Waals surface area contributed by atoms with Gasteiger partial charge in [-0.05, 0) is 5.56 Å². The van der Waals surface area contributed by atoms with Crippen LogP contribution in [0.5, 0.6) is 0 Å². The fourth-order valence-corrected chi connectivity index (χ4v) is 1.07. The summed E-state index contributed by atoms with van der Waals surface area (Å²) in [5.74, 6) is -0.429. The Bertz CT molecular complexity index is 298. The van der Waals surface area contributed by atoms with E-state index in [1.165, 1.54) is 5.01 Å². The number of aliphatic hydroxyl groups excluding tert-OH is 1. The van der Waals surface area contributed by atoms with Gasteiger partial charge >= 0.3 is 0 Å². The second kappa shape index (κ2) is 4.74. The Morgan fingerprint density at radius 1 is 1.36 bits per heavy atom. The molecule has 0 heterocycles. The van der Waals surface area contributed by atoms with Crippen molar-refractivity contribution < 1.29 is 9.90 Å². The van der Waals surface area contributed by atoms with Crippen LogP contribution in [-0.2, 0) is 4.79 Å². The van der Waals surface area contributed by atoms with E-state index in [4.69, 9.17) is 0 Å². The van der Waals surface area contributed by atoms with Crippen LogP contribution in [0, 0.1) is 0 Å². The number of nitrogens with one attached hydrogen (secondary N) is 1. The van der Waals surface area contributed by atoms with E-state index in [0.29, 0.717) is 5.56 Å². The highest BCUT2D eigenvalue weighted by Crippen LogP contribution is 2.11. The van der Waals surface area contributed by atoms with Gasteiger partial charge in [-0.25, -0.2) is 5.01 Å². The van der Waals surface area contributed by atoms with Gasteiger partial charge in [0, 0.05) is 14.1 Å². The molecule has 0 radical (unpaired) electrons. The molecule has 1 atom stereocenters. The molecule has 4 heteroatoms. The number of nitrogens with zero attached hydrogens (tertiary/aromatic N) is 1. The lowest BCUT2D eigenvalue weighted by Crippen LogP contribution is -2.39. The number of rotatable bonds is 3. The minimum Gasteiger partial charge on any atom is -0.378 e.